The molecule has 4 nitrogen and oxygen atoms in total. The number of esters is 1. The van der Waals surface area contributed by atoms with Crippen LogP contribution in [-0.2, 0) is 4.74 Å². The molecule has 14 heavy (non-hydrogen) atoms. The normalized spacial score (nSPS) is 15.6. The molecule has 0 atom stereocenters. The summed E-state index contributed by atoms with van der Waals surface area (Å²) in [6, 6.07) is 0.438. The van der Waals surface area contributed by atoms with Gasteiger partial charge in [0.05, 0.1) is 6.61 Å². The zero-order valence-corrected chi connectivity index (χ0v) is 9.45. The van der Waals surface area contributed by atoms with Crippen molar-refractivity contribution in [3.8, 4) is 0 Å². The summed E-state index contributed by atoms with van der Waals surface area (Å²) in [7, 11) is 0. The number of hydrogen-bond acceptors (Lipinski definition) is 3. The van der Waals surface area contributed by atoms with Crippen molar-refractivity contribution >= 4 is 21.9 Å². The van der Waals surface area contributed by atoms with Gasteiger partial charge in [-0.1, -0.05) is 0 Å². The van der Waals surface area contributed by atoms with E-state index in [1.54, 1.807) is 6.92 Å². The number of hydrogen-bond donors (Lipinski definition) is 0. The van der Waals surface area contributed by atoms with Gasteiger partial charge in [0.1, 0.15) is 4.60 Å². The Balaban J connectivity index is 2.26. The Kier molecular flexibility index (Phi) is 2.58. The minimum Gasteiger partial charge on any atom is -0.460 e. The number of carbonyl (C=O) groups excluding carboxylic acids is 1. The third-order valence-electron chi connectivity index (χ3n) is 2.10. The topological polar surface area (TPSA) is 44.1 Å². The van der Waals surface area contributed by atoms with E-state index < -0.39 is 0 Å². The van der Waals surface area contributed by atoms with E-state index in [2.05, 4.69) is 20.9 Å². The quantitative estimate of drug-likeness (QED) is 0.781. The van der Waals surface area contributed by atoms with E-state index in [0.29, 0.717) is 23.1 Å². The van der Waals surface area contributed by atoms with Crippen molar-refractivity contribution in [3.63, 3.8) is 0 Å². The van der Waals surface area contributed by atoms with Crippen LogP contribution in [0.25, 0.3) is 0 Å². The molecule has 0 N–H and O–H groups in total. The molecule has 0 amide bonds. The third kappa shape index (κ3) is 1.82. The van der Waals surface area contributed by atoms with E-state index >= 15 is 0 Å². The van der Waals surface area contributed by atoms with E-state index in [1.807, 2.05) is 10.8 Å². The summed E-state index contributed by atoms with van der Waals surface area (Å²) in [5, 5.41) is 0. The highest BCUT2D eigenvalue weighted by Gasteiger charge is 2.29. The van der Waals surface area contributed by atoms with Crippen molar-refractivity contribution in [1.29, 1.82) is 0 Å². The number of aromatic nitrogens is 2. The van der Waals surface area contributed by atoms with Gasteiger partial charge in [0.2, 0.25) is 5.82 Å². The Hall–Kier alpha value is -0.840. The lowest BCUT2D eigenvalue weighted by Crippen LogP contribution is -2.12. The van der Waals surface area contributed by atoms with Crippen LogP contribution in [0.2, 0.25) is 0 Å². The van der Waals surface area contributed by atoms with Crippen LogP contribution in [0, 0.1) is 0 Å². The largest absolute Gasteiger partial charge is 0.460 e. The average molecular weight is 259 g/mol. The fraction of sp³-hybridized carbons (Fsp3) is 0.556. The Morgan fingerprint density at radius 1 is 1.79 bits per heavy atom. The second kappa shape index (κ2) is 3.73. The predicted octanol–water partition coefficient (Wildman–Crippen LogP) is 2.16. The summed E-state index contributed by atoms with van der Waals surface area (Å²) >= 11 is 3.26. The van der Waals surface area contributed by atoms with E-state index in [4.69, 9.17) is 4.74 Å². The Labute approximate surface area is 90.4 Å². The molecule has 5 heteroatoms. The Morgan fingerprint density at radius 3 is 3.07 bits per heavy atom. The zero-order chi connectivity index (χ0) is 10.1. The average Bonchev–Trinajstić information content (AvgIpc) is 2.90. The van der Waals surface area contributed by atoms with Crippen LogP contribution < -0.4 is 0 Å². The van der Waals surface area contributed by atoms with Crippen molar-refractivity contribution in [2.75, 3.05) is 6.61 Å². The highest BCUT2D eigenvalue weighted by Crippen LogP contribution is 2.36. The van der Waals surface area contributed by atoms with Crippen LogP contribution in [0.4, 0.5) is 0 Å². The van der Waals surface area contributed by atoms with Gasteiger partial charge in [-0.3, -0.25) is 0 Å². The first-order valence-electron chi connectivity index (χ1n) is 4.64. The minimum absolute atomic E-state index is 0.342. The second-order valence-electron chi connectivity index (χ2n) is 3.25. The molecule has 76 valence electrons. The predicted molar refractivity (Wildman–Crippen MR) is 54.2 cm³/mol. The molecule has 2 rings (SSSR count). The molecule has 0 unspecified atom stereocenters. The number of nitrogens with zero attached hydrogens (tertiary/aromatic N) is 2. The highest BCUT2D eigenvalue weighted by atomic mass is 79.9. The SMILES string of the molecule is CCOC(=O)c1nc(Br)cn1C1CC1. The number of carbonyl (C=O) groups is 1. The molecular weight excluding hydrogens is 248 g/mol. The smallest absolute Gasteiger partial charge is 0.374 e. The number of ether oxygens (including phenoxy) is 1. The van der Waals surface area contributed by atoms with E-state index in [1.165, 1.54) is 0 Å². The minimum atomic E-state index is -0.342. The van der Waals surface area contributed by atoms with E-state index in [9.17, 15) is 4.79 Å². The number of halogens is 1. The number of imidazole rings is 1. The lowest BCUT2D eigenvalue weighted by atomic mass is 10.5. The fourth-order valence-corrected chi connectivity index (χ4v) is 1.73. The number of rotatable bonds is 3. The van der Waals surface area contributed by atoms with E-state index in [0.717, 1.165) is 12.8 Å². The maximum absolute atomic E-state index is 11.5. The van der Waals surface area contributed by atoms with Crippen molar-refractivity contribution in [1.82, 2.24) is 9.55 Å². The molecule has 0 saturated heterocycles. The van der Waals surface area contributed by atoms with Crippen LogP contribution in [0.1, 0.15) is 36.4 Å². The maximum Gasteiger partial charge on any atom is 0.374 e. The Morgan fingerprint density at radius 2 is 2.50 bits per heavy atom. The first kappa shape index (κ1) is 9.71. The highest BCUT2D eigenvalue weighted by molar-refractivity contribution is 9.10. The summed E-state index contributed by atoms with van der Waals surface area (Å²) < 4.78 is 7.50. The van der Waals surface area contributed by atoms with Crippen LogP contribution >= 0.6 is 15.9 Å². The molecule has 1 saturated carbocycles. The standard InChI is InChI=1S/C9H11BrN2O2/c1-2-14-9(13)8-11-7(10)5-12(8)6-3-4-6/h5-6H,2-4H2,1H3. The van der Waals surface area contributed by atoms with Gasteiger partial charge in [-0.15, -0.1) is 0 Å². The Bertz CT molecular complexity index is 358. The summed E-state index contributed by atoms with van der Waals surface area (Å²) in [6.45, 7) is 2.17. The van der Waals surface area contributed by atoms with Crippen LogP contribution in [-0.4, -0.2) is 22.1 Å². The summed E-state index contributed by atoms with van der Waals surface area (Å²) in [5.41, 5.74) is 0. The van der Waals surface area contributed by atoms with Crippen LogP contribution in [0.3, 0.4) is 0 Å². The van der Waals surface area contributed by atoms with Gasteiger partial charge < -0.3 is 9.30 Å². The van der Waals surface area contributed by atoms with Crippen molar-refractivity contribution in [2.45, 2.75) is 25.8 Å². The van der Waals surface area contributed by atoms with Gasteiger partial charge >= 0.3 is 5.97 Å². The first-order valence-corrected chi connectivity index (χ1v) is 5.43. The molecule has 0 spiro atoms. The molecular formula is C9H11BrN2O2. The van der Waals surface area contributed by atoms with Gasteiger partial charge in [0.25, 0.3) is 0 Å². The molecule has 1 heterocycles. The second-order valence-corrected chi connectivity index (χ2v) is 4.06. The van der Waals surface area contributed by atoms with Gasteiger partial charge in [-0.25, -0.2) is 9.78 Å². The van der Waals surface area contributed by atoms with E-state index in [-0.39, 0.29) is 5.97 Å². The van der Waals surface area contributed by atoms with Gasteiger partial charge in [-0.05, 0) is 35.7 Å². The monoisotopic (exact) mass is 258 g/mol. The molecule has 0 radical (unpaired) electrons. The van der Waals surface area contributed by atoms with Crippen LogP contribution in [0.5, 0.6) is 0 Å². The molecule has 1 aliphatic carbocycles. The van der Waals surface area contributed by atoms with Crippen molar-refractivity contribution in [2.24, 2.45) is 0 Å². The summed E-state index contributed by atoms with van der Waals surface area (Å²) in [5.74, 6) is 0.0614. The first-order chi connectivity index (χ1) is 6.72. The fourth-order valence-electron chi connectivity index (χ4n) is 1.34. The molecule has 1 aliphatic rings. The van der Waals surface area contributed by atoms with Gasteiger partial charge in [-0.2, -0.15) is 0 Å². The van der Waals surface area contributed by atoms with Gasteiger partial charge in [0, 0.05) is 12.2 Å². The summed E-state index contributed by atoms with van der Waals surface area (Å²) in [6.07, 6.45) is 4.08. The lowest BCUT2D eigenvalue weighted by Gasteiger charge is -2.04. The molecule has 1 fully saturated rings. The molecule has 1 aromatic rings. The molecule has 0 bridgehead atoms. The third-order valence-corrected chi connectivity index (χ3v) is 2.48. The van der Waals surface area contributed by atoms with Crippen molar-refractivity contribution in [3.05, 3.63) is 16.6 Å². The maximum atomic E-state index is 11.5. The van der Waals surface area contributed by atoms with Crippen molar-refractivity contribution < 1.29 is 9.53 Å². The summed E-state index contributed by atoms with van der Waals surface area (Å²) in [4.78, 5) is 15.6. The van der Waals surface area contributed by atoms with Gasteiger partial charge in [0.15, 0.2) is 0 Å². The molecule has 1 aromatic heterocycles. The molecule has 0 aliphatic heterocycles. The lowest BCUT2D eigenvalue weighted by molar-refractivity contribution is 0.0506. The van der Waals surface area contributed by atoms with Crippen LogP contribution in [0.15, 0.2) is 10.8 Å². The zero-order valence-electron chi connectivity index (χ0n) is 7.86. The molecule has 0 aromatic carbocycles.